The van der Waals surface area contributed by atoms with Gasteiger partial charge in [0, 0.05) is 32.5 Å². The molecule has 2 saturated heterocycles. The van der Waals surface area contributed by atoms with Gasteiger partial charge in [-0.3, -0.25) is 15.1 Å². The summed E-state index contributed by atoms with van der Waals surface area (Å²) in [5.41, 5.74) is 5.84. The second kappa shape index (κ2) is 9.13. The van der Waals surface area contributed by atoms with Crippen LogP contribution in [0.15, 0.2) is 18.2 Å². The van der Waals surface area contributed by atoms with E-state index in [0.29, 0.717) is 25.3 Å². The maximum absolute atomic E-state index is 13.3. The highest BCUT2D eigenvalue weighted by molar-refractivity contribution is 7.92. The first kappa shape index (κ1) is 23.6. The van der Waals surface area contributed by atoms with Gasteiger partial charge in [0.05, 0.1) is 35.0 Å². The predicted molar refractivity (Wildman–Crippen MR) is 130 cm³/mol. The molecule has 1 aromatic rings. The Morgan fingerprint density at radius 3 is 2.47 bits per heavy atom. The highest BCUT2D eigenvalue weighted by Gasteiger charge is 2.41. The average molecular weight is 491 g/mol. The van der Waals surface area contributed by atoms with E-state index in [0.717, 1.165) is 36.9 Å². The lowest BCUT2D eigenvalue weighted by molar-refractivity contribution is -0.117. The molecule has 0 radical (unpaired) electrons. The zero-order chi connectivity index (χ0) is 24.0. The lowest BCUT2D eigenvalue weighted by atomic mass is 9.96. The number of hydrogen-bond donors (Lipinski definition) is 1. The summed E-state index contributed by atoms with van der Waals surface area (Å²) < 4.78 is 29.1. The third kappa shape index (κ3) is 4.55. The number of benzene rings is 1. The van der Waals surface area contributed by atoms with Crippen LogP contribution in [-0.4, -0.2) is 74.8 Å². The molecule has 3 aliphatic heterocycles. The SMILES string of the molecule is CC(=O)N1c2ccc(C3CNN(C4CS(=O)(=O)C4)C3)cc2N(C(=O)OC2CCCCC2)C[C@@H]1C. The van der Waals surface area contributed by atoms with Crippen LogP contribution in [0.5, 0.6) is 0 Å². The molecule has 0 spiro atoms. The summed E-state index contributed by atoms with van der Waals surface area (Å²) in [5, 5.41) is 2.03. The van der Waals surface area contributed by atoms with E-state index < -0.39 is 9.84 Å². The van der Waals surface area contributed by atoms with Crippen LogP contribution < -0.4 is 15.2 Å². The van der Waals surface area contributed by atoms with Crippen LogP contribution in [0.3, 0.4) is 0 Å². The third-order valence-corrected chi connectivity index (χ3v) is 9.36. The van der Waals surface area contributed by atoms with Crippen molar-refractivity contribution < 1.29 is 22.7 Å². The normalized spacial score (nSPS) is 27.8. The van der Waals surface area contributed by atoms with E-state index >= 15 is 0 Å². The smallest absolute Gasteiger partial charge is 0.414 e. The molecule has 1 saturated carbocycles. The van der Waals surface area contributed by atoms with Gasteiger partial charge in [-0.2, -0.15) is 0 Å². The highest BCUT2D eigenvalue weighted by Crippen LogP contribution is 2.39. The summed E-state index contributed by atoms with van der Waals surface area (Å²) in [6.45, 7) is 5.30. The monoisotopic (exact) mass is 490 g/mol. The second-order valence-electron chi connectivity index (χ2n) is 10.2. The fourth-order valence-electron chi connectivity index (χ4n) is 5.75. The molecule has 3 fully saturated rings. The molecule has 34 heavy (non-hydrogen) atoms. The molecule has 3 heterocycles. The molecule has 0 bridgehead atoms. The Bertz CT molecular complexity index is 1060. The Balaban J connectivity index is 1.38. The van der Waals surface area contributed by atoms with Crippen LogP contribution in [0.4, 0.5) is 16.2 Å². The maximum atomic E-state index is 13.3. The van der Waals surface area contributed by atoms with Crippen molar-refractivity contribution >= 4 is 33.2 Å². The fourth-order valence-corrected chi connectivity index (χ4v) is 7.19. The molecule has 1 aromatic carbocycles. The van der Waals surface area contributed by atoms with Gasteiger partial charge in [-0.15, -0.1) is 0 Å². The van der Waals surface area contributed by atoms with Gasteiger partial charge in [-0.05, 0) is 50.3 Å². The summed E-state index contributed by atoms with van der Waals surface area (Å²) in [6.07, 6.45) is 4.78. The minimum Gasteiger partial charge on any atom is -0.446 e. The largest absolute Gasteiger partial charge is 0.446 e. The molecule has 4 aliphatic rings. The van der Waals surface area contributed by atoms with Crippen LogP contribution >= 0.6 is 0 Å². The van der Waals surface area contributed by atoms with Gasteiger partial charge < -0.3 is 9.64 Å². The molecule has 1 aliphatic carbocycles. The van der Waals surface area contributed by atoms with Crippen molar-refractivity contribution in [1.82, 2.24) is 10.4 Å². The number of anilines is 2. The molecular weight excluding hydrogens is 456 g/mol. The lowest BCUT2D eigenvalue weighted by Crippen LogP contribution is -2.55. The number of carbonyl (C=O) groups is 2. The fraction of sp³-hybridized carbons (Fsp3) is 0.667. The standard InChI is InChI=1S/C24H34N4O5S/c1-16-12-26(24(30)33-21-6-4-3-5-7-21)23-10-18(8-9-22(23)28(16)17(2)29)19-11-25-27(13-19)20-14-34(31,32)15-20/h8-10,16,19-21,25H,3-7,11-15H2,1-2H3/t16-,19?/m0/s1. The van der Waals surface area contributed by atoms with Crippen molar-refractivity contribution in [3.05, 3.63) is 23.8 Å². The van der Waals surface area contributed by atoms with Crippen molar-refractivity contribution in [3.8, 4) is 0 Å². The first-order chi connectivity index (χ1) is 16.2. The number of hydrazine groups is 1. The van der Waals surface area contributed by atoms with Crippen molar-refractivity contribution in [2.24, 2.45) is 0 Å². The Hall–Kier alpha value is -2.17. The molecular formula is C24H34N4O5S. The topological polar surface area (TPSA) is 99.3 Å². The molecule has 9 nitrogen and oxygen atoms in total. The Morgan fingerprint density at radius 2 is 1.79 bits per heavy atom. The van der Waals surface area contributed by atoms with E-state index in [-0.39, 0.29) is 47.6 Å². The number of amides is 2. The van der Waals surface area contributed by atoms with Crippen molar-refractivity contribution in [2.75, 3.05) is 40.9 Å². The number of rotatable bonds is 3. The van der Waals surface area contributed by atoms with Gasteiger partial charge in [0.15, 0.2) is 9.84 Å². The number of hydrogen-bond acceptors (Lipinski definition) is 7. The molecule has 5 rings (SSSR count). The third-order valence-electron chi connectivity index (χ3n) is 7.58. The Kier molecular flexibility index (Phi) is 6.32. The molecule has 2 amide bonds. The molecule has 1 unspecified atom stereocenters. The number of nitrogens with zero attached hydrogens (tertiary/aromatic N) is 3. The Labute approximate surface area is 201 Å². The van der Waals surface area contributed by atoms with Gasteiger partial charge in [-0.1, -0.05) is 12.5 Å². The first-order valence-corrected chi connectivity index (χ1v) is 14.2. The molecule has 10 heteroatoms. The summed E-state index contributed by atoms with van der Waals surface area (Å²) in [7, 11) is -2.89. The summed E-state index contributed by atoms with van der Waals surface area (Å²) in [5.74, 6) is 0.503. The first-order valence-electron chi connectivity index (χ1n) is 12.3. The molecule has 1 N–H and O–H groups in total. The van der Waals surface area contributed by atoms with Crippen LogP contribution in [0.25, 0.3) is 0 Å². The second-order valence-corrected chi connectivity index (χ2v) is 12.3. The predicted octanol–water partition coefficient (Wildman–Crippen LogP) is 2.42. The summed E-state index contributed by atoms with van der Waals surface area (Å²) in [6, 6.07) is 5.82. The minimum absolute atomic E-state index is 0.0173. The van der Waals surface area contributed by atoms with Crippen molar-refractivity contribution in [2.45, 2.75) is 70.1 Å². The summed E-state index contributed by atoms with van der Waals surface area (Å²) >= 11 is 0. The highest BCUT2D eigenvalue weighted by atomic mass is 32.2. The van der Waals surface area contributed by atoms with E-state index in [1.165, 1.54) is 6.42 Å². The van der Waals surface area contributed by atoms with E-state index in [1.54, 1.807) is 16.7 Å². The van der Waals surface area contributed by atoms with Crippen LogP contribution in [0.2, 0.25) is 0 Å². The van der Waals surface area contributed by atoms with E-state index in [4.69, 9.17) is 4.74 Å². The van der Waals surface area contributed by atoms with Crippen molar-refractivity contribution in [1.29, 1.82) is 0 Å². The van der Waals surface area contributed by atoms with Gasteiger partial charge in [0.1, 0.15) is 6.10 Å². The van der Waals surface area contributed by atoms with Gasteiger partial charge in [-0.25, -0.2) is 18.2 Å². The number of nitrogens with one attached hydrogen (secondary N) is 1. The average Bonchev–Trinajstić information content (AvgIpc) is 3.27. The van der Waals surface area contributed by atoms with Gasteiger partial charge in [0.2, 0.25) is 5.91 Å². The number of sulfone groups is 1. The molecule has 186 valence electrons. The zero-order valence-electron chi connectivity index (χ0n) is 19.9. The van der Waals surface area contributed by atoms with Crippen LogP contribution in [0, 0.1) is 0 Å². The zero-order valence-corrected chi connectivity index (χ0v) is 20.7. The van der Waals surface area contributed by atoms with Gasteiger partial charge in [0.25, 0.3) is 0 Å². The quantitative estimate of drug-likeness (QED) is 0.695. The van der Waals surface area contributed by atoms with Crippen LogP contribution in [0.1, 0.15) is 57.4 Å². The molecule has 0 aromatic heterocycles. The van der Waals surface area contributed by atoms with E-state index in [2.05, 4.69) is 5.43 Å². The van der Waals surface area contributed by atoms with E-state index in [9.17, 15) is 18.0 Å². The maximum Gasteiger partial charge on any atom is 0.414 e. The summed E-state index contributed by atoms with van der Waals surface area (Å²) in [4.78, 5) is 29.1. The molecule has 2 atom stereocenters. The Morgan fingerprint density at radius 1 is 1.06 bits per heavy atom. The number of carbonyl (C=O) groups excluding carboxylic acids is 2. The van der Waals surface area contributed by atoms with Crippen molar-refractivity contribution in [3.63, 3.8) is 0 Å². The van der Waals surface area contributed by atoms with Crippen LogP contribution in [-0.2, 0) is 19.4 Å². The lowest BCUT2D eigenvalue weighted by Gasteiger charge is -2.41. The van der Waals surface area contributed by atoms with Gasteiger partial charge >= 0.3 is 6.09 Å². The number of fused-ring (bicyclic) bond motifs is 1. The minimum atomic E-state index is -2.89. The number of ether oxygens (including phenoxy) is 1. The van der Waals surface area contributed by atoms with E-state index in [1.807, 2.05) is 30.1 Å².